The van der Waals surface area contributed by atoms with Crippen molar-refractivity contribution < 1.29 is 4.79 Å². The fourth-order valence-corrected chi connectivity index (χ4v) is 1.86. The van der Waals surface area contributed by atoms with Gasteiger partial charge >= 0.3 is 0 Å². The molecule has 2 aromatic rings. The van der Waals surface area contributed by atoms with Crippen LogP contribution in [0.3, 0.4) is 0 Å². The van der Waals surface area contributed by atoms with Crippen molar-refractivity contribution in [3.8, 4) is 0 Å². The smallest absolute Gasteiger partial charge is 0.258 e. The third-order valence-corrected chi connectivity index (χ3v) is 3.08. The average Bonchev–Trinajstić information content (AvgIpc) is 2.46. The standard InChI is InChI=1S/C16H18N2O/c1-17(2)14-11-9-13(10-12-14)16(19)18(3)15-7-5-4-6-8-15/h4-12H,1-3H3. The summed E-state index contributed by atoms with van der Waals surface area (Å²) in [5.41, 5.74) is 2.67. The molecule has 0 bridgehead atoms. The van der Waals surface area contributed by atoms with Crippen molar-refractivity contribution in [2.75, 3.05) is 30.9 Å². The summed E-state index contributed by atoms with van der Waals surface area (Å²) in [6.07, 6.45) is 0. The van der Waals surface area contributed by atoms with Crippen molar-refractivity contribution in [3.63, 3.8) is 0 Å². The summed E-state index contributed by atoms with van der Waals surface area (Å²) in [5.74, 6) is -0.00324. The maximum absolute atomic E-state index is 12.3. The number of hydrogen-bond acceptors (Lipinski definition) is 2. The minimum atomic E-state index is -0.00324. The second-order valence-electron chi connectivity index (χ2n) is 4.64. The Labute approximate surface area is 114 Å². The van der Waals surface area contributed by atoms with E-state index in [0.717, 1.165) is 11.4 Å². The zero-order valence-electron chi connectivity index (χ0n) is 11.5. The largest absolute Gasteiger partial charge is 0.378 e. The Hall–Kier alpha value is -2.29. The molecule has 0 unspecified atom stereocenters. The fourth-order valence-electron chi connectivity index (χ4n) is 1.86. The van der Waals surface area contributed by atoms with Crippen molar-refractivity contribution in [2.45, 2.75) is 0 Å². The minimum Gasteiger partial charge on any atom is -0.378 e. The summed E-state index contributed by atoms with van der Waals surface area (Å²) in [6.45, 7) is 0. The van der Waals surface area contributed by atoms with Crippen molar-refractivity contribution in [1.29, 1.82) is 0 Å². The summed E-state index contributed by atoms with van der Waals surface area (Å²) >= 11 is 0. The molecule has 3 nitrogen and oxygen atoms in total. The van der Waals surface area contributed by atoms with Crippen LogP contribution in [-0.2, 0) is 0 Å². The highest BCUT2D eigenvalue weighted by Gasteiger charge is 2.12. The Bertz CT molecular complexity index is 547. The van der Waals surface area contributed by atoms with E-state index in [4.69, 9.17) is 0 Å². The maximum Gasteiger partial charge on any atom is 0.258 e. The van der Waals surface area contributed by atoms with Gasteiger partial charge in [-0.3, -0.25) is 4.79 Å². The van der Waals surface area contributed by atoms with E-state index < -0.39 is 0 Å². The van der Waals surface area contributed by atoms with Crippen molar-refractivity contribution >= 4 is 17.3 Å². The molecule has 2 aromatic carbocycles. The summed E-state index contributed by atoms with van der Waals surface area (Å²) in [7, 11) is 5.75. The topological polar surface area (TPSA) is 23.6 Å². The minimum absolute atomic E-state index is 0.00324. The van der Waals surface area contributed by atoms with Gasteiger partial charge in [-0.1, -0.05) is 18.2 Å². The normalized spacial score (nSPS) is 10.1. The van der Waals surface area contributed by atoms with Gasteiger partial charge in [0.1, 0.15) is 0 Å². The zero-order chi connectivity index (χ0) is 13.8. The van der Waals surface area contributed by atoms with Crippen LogP contribution in [0.25, 0.3) is 0 Å². The van der Waals surface area contributed by atoms with Crippen LogP contribution in [0.15, 0.2) is 54.6 Å². The molecule has 0 atom stereocenters. The number of benzene rings is 2. The molecule has 0 aliphatic rings. The van der Waals surface area contributed by atoms with Gasteiger partial charge < -0.3 is 9.80 Å². The molecule has 0 aromatic heterocycles. The fraction of sp³-hybridized carbons (Fsp3) is 0.188. The number of hydrogen-bond donors (Lipinski definition) is 0. The van der Waals surface area contributed by atoms with E-state index in [9.17, 15) is 4.79 Å². The maximum atomic E-state index is 12.3. The molecule has 1 amide bonds. The van der Waals surface area contributed by atoms with E-state index in [0.29, 0.717) is 5.56 Å². The highest BCUT2D eigenvalue weighted by atomic mass is 16.2. The van der Waals surface area contributed by atoms with Crippen LogP contribution in [0.2, 0.25) is 0 Å². The Balaban J connectivity index is 2.20. The van der Waals surface area contributed by atoms with E-state index in [1.165, 1.54) is 0 Å². The lowest BCUT2D eigenvalue weighted by molar-refractivity contribution is 0.0993. The highest BCUT2D eigenvalue weighted by molar-refractivity contribution is 6.05. The predicted molar refractivity (Wildman–Crippen MR) is 79.9 cm³/mol. The van der Waals surface area contributed by atoms with Gasteiger partial charge in [-0.25, -0.2) is 0 Å². The summed E-state index contributed by atoms with van der Waals surface area (Å²) < 4.78 is 0. The molecule has 0 aliphatic carbocycles. The van der Waals surface area contributed by atoms with Crippen LogP contribution in [0.1, 0.15) is 10.4 Å². The van der Waals surface area contributed by atoms with Gasteiger partial charge in [-0.05, 0) is 36.4 Å². The quantitative estimate of drug-likeness (QED) is 0.840. The zero-order valence-corrected chi connectivity index (χ0v) is 11.5. The van der Waals surface area contributed by atoms with E-state index in [2.05, 4.69) is 0 Å². The Morgan fingerprint density at radius 2 is 1.37 bits per heavy atom. The Morgan fingerprint density at radius 1 is 0.789 bits per heavy atom. The van der Waals surface area contributed by atoms with Crippen LogP contribution in [-0.4, -0.2) is 27.1 Å². The predicted octanol–water partition coefficient (Wildman–Crippen LogP) is 3.03. The third kappa shape index (κ3) is 2.94. The van der Waals surface area contributed by atoms with Gasteiger partial charge in [0.2, 0.25) is 0 Å². The van der Waals surface area contributed by atoms with E-state index in [1.54, 1.807) is 11.9 Å². The first-order valence-electron chi connectivity index (χ1n) is 6.20. The monoisotopic (exact) mass is 254 g/mol. The van der Waals surface area contributed by atoms with Gasteiger partial charge in [0.25, 0.3) is 5.91 Å². The van der Waals surface area contributed by atoms with Crippen molar-refractivity contribution in [3.05, 3.63) is 60.2 Å². The van der Waals surface area contributed by atoms with Crippen LogP contribution in [0, 0.1) is 0 Å². The van der Waals surface area contributed by atoms with Gasteiger partial charge in [-0.15, -0.1) is 0 Å². The van der Waals surface area contributed by atoms with Gasteiger partial charge in [0, 0.05) is 38.1 Å². The van der Waals surface area contributed by atoms with Gasteiger partial charge in [0.15, 0.2) is 0 Å². The number of amides is 1. The molecule has 0 saturated heterocycles. The molecule has 0 fully saturated rings. The lowest BCUT2D eigenvalue weighted by Crippen LogP contribution is -2.26. The Kier molecular flexibility index (Phi) is 3.85. The van der Waals surface area contributed by atoms with Crippen molar-refractivity contribution in [2.24, 2.45) is 0 Å². The summed E-state index contributed by atoms with van der Waals surface area (Å²) in [4.78, 5) is 16.0. The lowest BCUT2D eigenvalue weighted by Gasteiger charge is -2.18. The number of rotatable bonds is 3. The molecule has 0 spiro atoms. The van der Waals surface area contributed by atoms with E-state index >= 15 is 0 Å². The van der Waals surface area contributed by atoms with Gasteiger partial charge in [0.05, 0.1) is 0 Å². The SMILES string of the molecule is CN(C)c1ccc(C(=O)N(C)c2ccccc2)cc1. The first-order chi connectivity index (χ1) is 9.09. The first kappa shape index (κ1) is 13.1. The molecule has 0 N–H and O–H groups in total. The molecule has 19 heavy (non-hydrogen) atoms. The summed E-state index contributed by atoms with van der Waals surface area (Å²) in [6, 6.07) is 17.3. The summed E-state index contributed by atoms with van der Waals surface area (Å²) in [5, 5.41) is 0. The molecule has 0 heterocycles. The third-order valence-electron chi connectivity index (χ3n) is 3.08. The number of nitrogens with zero attached hydrogens (tertiary/aromatic N) is 2. The number of anilines is 2. The lowest BCUT2D eigenvalue weighted by atomic mass is 10.1. The van der Waals surface area contributed by atoms with Gasteiger partial charge in [-0.2, -0.15) is 0 Å². The molecular weight excluding hydrogens is 236 g/mol. The van der Waals surface area contributed by atoms with Crippen molar-refractivity contribution in [1.82, 2.24) is 0 Å². The molecule has 0 saturated carbocycles. The van der Waals surface area contributed by atoms with Crippen LogP contribution < -0.4 is 9.80 Å². The Morgan fingerprint density at radius 3 is 1.89 bits per heavy atom. The molecule has 2 rings (SSSR count). The number of carbonyl (C=O) groups is 1. The number of carbonyl (C=O) groups excluding carboxylic acids is 1. The molecular formula is C16H18N2O. The molecule has 98 valence electrons. The van der Waals surface area contributed by atoms with Crippen LogP contribution in [0.5, 0.6) is 0 Å². The molecule has 0 radical (unpaired) electrons. The number of para-hydroxylation sites is 1. The van der Waals surface area contributed by atoms with Crippen LogP contribution in [0.4, 0.5) is 11.4 Å². The molecule has 0 aliphatic heterocycles. The highest BCUT2D eigenvalue weighted by Crippen LogP contribution is 2.17. The van der Waals surface area contributed by atoms with Crippen LogP contribution >= 0.6 is 0 Å². The first-order valence-corrected chi connectivity index (χ1v) is 6.20. The second kappa shape index (κ2) is 5.57. The van der Waals surface area contributed by atoms with E-state index in [-0.39, 0.29) is 5.91 Å². The second-order valence-corrected chi connectivity index (χ2v) is 4.64. The molecule has 3 heteroatoms. The average molecular weight is 254 g/mol. The van der Waals surface area contributed by atoms with E-state index in [1.807, 2.05) is 73.6 Å².